The Labute approximate surface area is 89.5 Å². The fourth-order valence-corrected chi connectivity index (χ4v) is 3.27. The molecule has 0 radical (unpaired) electrons. The third-order valence-corrected chi connectivity index (χ3v) is 4.88. The first-order valence-electron chi connectivity index (χ1n) is 5.29. The number of sulfone groups is 1. The fraction of sp³-hybridized carbons (Fsp3) is 0.889. The van der Waals surface area contributed by atoms with Gasteiger partial charge in [-0.25, -0.2) is 8.42 Å². The highest BCUT2D eigenvalue weighted by Crippen LogP contribution is 2.19. The van der Waals surface area contributed by atoms with Crippen molar-refractivity contribution in [3.05, 3.63) is 0 Å². The molecule has 0 aromatic heterocycles. The number of hydrogen-bond donors (Lipinski definition) is 2. The van der Waals surface area contributed by atoms with Crippen LogP contribution < -0.4 is 10.6 Å². The first-order chi connectivity index (χ1) is 7.08. The van der Waals surface area contributed by atoms with Gasteiger partial charge in [-0.2, -0.15) is 0 Å². The van der Waals surface area contributed by atoms with Gasteiger partial charge in [-0.3, -0.25) is 4.79 Å². The maximum Gasteiger partial charge on any atom is 0.235 e. The van der Waals surface area contributed by atoms with E-state index in [1.54, 1.807) is 0 Å². The first kappa shape index (κ1) is 10.9. The van der Waals surface area contributed by atoms with Crippen LogP contribution in [0.1, 0.15) is 19.3 Å². The summed E-state index contributed by atoms with van der Waals surface area (Å²) in [5, 5.41) is 5.32. The number of hydrogen-bond acceptors (Lipinski definition) is 4. The van der Waals surface area contributed by atoms with Gasteiger partial charge in [0, 0.05) is 12.6 Å². The predicted molar refractivity (Wildman–Crippen MR) is 56.2 cm³/mol. The van der Waals surface area contributed by atoms with Gasteiger partial charge < -0.3 is 10.6 Å². The maximum absolute atomic E-state index is 11.7. The SMILES string of the molecule is O=C(CS(=O)(=O)C1CCNC1)NC1CC1. The predicted octanol–water partition coefficient (Wildman–Crippen LogP) is -0.958. The van der Waals surface area contributed by atoms with Crippen LogP contribution in [0.2, 0.25) is 0 Å². The monoisotopic (exact) mass is 232 g/mol. The molecule has 1 aliphatic heterocycles. The molecule has 2 aliphatic rings. The number of rotatable bonds is 4. The number of nitrogens with one attached hydrogen (secondary N) is 2. The lowest BCUT2D eigenvalue weighted by Gasteiger charge is -2.10. The van der Waals surface area contributed by atoms with Crippen LogP contribution in [0, 0.1) is 0 Å². The molecule has 2 rings (SSSR count). The van der Waals surface area contributed by atoms with Crippen molar-refractivity contribution in [1.29, 1.82) is 0 Å². The Balaban J connectivity index is 1.87. The van der Waals surface area contributed by atoms with E-state index in [9.17, 15) is 13.2 Å². The van der Waals surface area contributed by atoms with E-state index in [0.717, 1.165) is 19.4 Å². The highest BCUT2D eigenvalue weighted by molar-refractivity contribution is 7.92. The lowest BCUT2D eigenvalue weighted by atomic mass is 10.4. The van der Waals surface area contributed by atoms with Crippen molar-refractivity contribution in [2.45, 2.75) is 30.6 Å². The summed E-state index contributed by atoms with van der Waals surface area (Å²) >= 11 is 0. The topological polar surface area (TPSA) is 75.3 Å². The highest BCUT2D eigenvalue weighted by atomic mass is 32.2. The van der Waals surface area contributed by atoms with E-state index >= 15 is 0 Å². The summed E-state index contributed by atoms with van der Waals surface area (Å²) in [6.07, 6.45) is 2.59. The van der Waals surface area contributed by atoms with Crippen LogP contribution in [0.4, 0.5) is 0 Å². The van der Waals surface area contributed by atoms with Gasteiger partial charge in [0.15, 0.2) is 9.84 Å². The molecule has 0 bridgehead atoms. The molecule has 2 fully saturated rings. The molecule has 0 aromatic rings. The van der Waals surface area contributed by atoms with Gasteiger partial charge in [0.05, 0.1) is 5.25 Å². The van der Waals surface area contributed by atoms with Crippen LogP contribution >= 0.6 is 0 Å². The first-order valence-corrected chi connectivity index (χ1v) is 7.01. The molecular weight excluding hydrogens is 216 g/mol. The van der Waals surface area contributed by atoms with Crippen molar-refractivity contribution < 1.29 is 13.2 Å². The van der Waals surface area contributed by atoms with Gasteiger partial charge in [-0.1, -0.05) is 0 Å². The smallest absolute Gasteiger partial charge is 0.235 e. The van der Waals surface area contributed by atoms with Crippen LogP contribution in [0.25, 0.3) is 0 Å². The standard InChI is InChI=1S/C9H16N2O3S/c12-9(11-7-1-2-7)6-15(13,14)8-3-4-10-5-8/h7-8,10H,1-6H2,(H,11,12). The van der Waals surface area contributed by atoms with Crippen LogP contribution in [-0.4, -0.2) is 44.5 Å². The minimum Gasteiger partial charge on any atom is -0.352 e. The quantitative estimate of drug-likeness (QED) is 0.655. The van der Waals surface area contributed by atoms with Gasteiger partial charge in [0.1, 0.15) is 5.75 Å². The number of carbonyl (C=O) groups excluding carboxylic acids is 1. The largest absolute Gasteiger partial charge is 0.352 e. The zero-order valence-corrected chi connectivity index (χ0v) is 9.35. The minimum atomic E-state index is -3.25. The van der Waals surface area contributed by atoms with Crippen molar-refractivity contribution in [1.82, 2.24) is 10.6 Å². The molecule has 2 N–H and O–H groups in total. The average molecular weight is 232 g/mol. The van der Waals surface area contributed by atoms with E-state index in [4.69, 9.17) is 0 Å². The van der Waals surface area contributed by atoms with E-state index in [1.807, 2.05) is 0 Å². The molecule has 1 unspecified atom stereocenters. The summed E-state index contributed by atoms with van der Waals surface area (Å²) < 4.78 is 23.5. The second-order valence-electron chi connectivity index (χ2n) is 4.26. The van der Waals surface area contributed by atoms with Crippen molar-refractivity contribution in [2.75, 3.05) is 18.8 Å². The molecule has 5 nitrogen and oxygen atoms in total. The van der Waals surface area contributed by atoms with Crippen LogP contribution in [-0.2, 0) is 14.6 Å². The number of amides is 1. The molecule has 0 spiro atoms. The van der Waals surface area contributed by atoms with Gasteiger partial charge in [0.2, 0.25) is 5.91 Å². The van der Waals surface area contributed by atoms with Crippen molar-refractivity contribution in [3.63, 3.8) is 0 Å². The molecular formula is C9H16N2O3S. The Morgan fingerprint density at radius 1 is 1.33 bits per heavy atom. The summed E-state index contributed by atoms with van der Waals surface area (Å²) in [6, 6.07) is 0.231. The zero-order valence-electron chi connectivity index (χ0n) is 8.53. The van der Waals surface area contributed by atoms with E-state index in [1.165, 1.54) is 0 Å². The van der Waals surface area contributed by atoms with Gasteiger partial charge >= 0.3 is 0 Å². The molecule has 1 heterocycles. The molecule has 0 aromatic carbocycles. The summed E-state index contributed by atoms with van der Waals surface area (Å²) in [7, 11) is -3.25. The van der Waals surface area contributed by atoms with Crippen LogP contribution in [0.15, 0.2) is 0 Å². The molecule has 1 aliphatic carbocycles. The van der Waals surface area contributed by atoms with Gasteiger partial charge in [-0.05, 0) is 25.8 Å². The summed E-state index contributed by atoms with van der Waals surface area (Å²) in [4.78, 5) is 11.4. The number of carbonyl (C=O) groups is 1. The second-order valence-corrected chi connectivity index (χ2v) is 6.54. The Kier molecular flexibility index (Phi) is 2.97. The van der Waals surface area contributed by atoms with E-state index in [2.05, 4.69) is 10.6 Å². The molecule has 86 valence electrons. The van der Waals surface area contributed by atoms with Crippen molar-refractivity contribution in [2.24, 2.45) is 0 Å². The van der Waals surface area contributed by atoms with E-state index in [0.29, 0.717) is 13.0 Å². The molecule has 6 heteroatoms. The molecule has 1 atom stereocenters. The van der Waals surface area contributed by atoms with E-state index < -0.39 is 9.84 Å². The van der Waals surface area contributed by atoms with Crippen LogP contribution in [0.3, 0.4) is 0 Å². The lowest BCUT2D eigenvalue weighted by molar-refractivity contribution is -0.118. The Hall–Kier alpha value is -0.620. The normalized spacial score (nSPS) is 26.5. The molecule has 1 saturated heterocycles. The summed E-state index contributed by atoms with van der Waals surface area (Å²) in [6.45, 7) is 1.22. The highest BCUT2D eigenvalue weighted by Gasteiger charge is 2.32. The lowest BCUT2D eigenvalue weighted by Crippen LogP contribution is -2.36. The van der Waals surface area contributed by atoms with Crippen molar-refractivity contribution >= 4 is 15.7 Å². The van der Waals surface area contributed by atoms with Crippen molar-refractivity contribution in [3.8, 4) is 0 Å². The summed E-state index contributed by atoms with van der Waals surface area (Å²) in [5.74, 6) is -0.694. The third kappa shape index (κ3) is 2.92. The third-order valence-electron chi connectivity index (χ3n) is 2.80. The zero-order chi connectivity index (χ0) is 10.9. The van der Waals surface area contributed by atoms with E-state index in [-0.39, 0.29) is 23.0 Å². The Morgan fingerprint density at radius 3 is 2.60 bits per heavy atom. The van der Waals surface area contributed by atoms with Crippen LogP contribution in [0.5, 0.6) is 0 Å². The maximum atomic E-state index is 11.7. The minimum absolute atomic E-state index is 0.231. The Bertz CT molecular complexity index is 342. The van der Waals surface area contributed by atoms with Gasteiger partial charge in [0.25, 0.3) is 0 Å². The molecule has 1 saturated carbocycles. The average Bonchev–Trinajstić information content (AvgIpc) is 2.79. The van der Waals surface area contributed by atoms with Gasteiger partial charge in [-0.15, -0.1) is 0 Å². The second kappa shape index (κ2) is 4.09. The molecule has 15 heavy (non-hydrogen) atoms. The molecule has 1 amide bonds. The summed E-state index contributed by atoms with van der Waals surface area (Å²) in [5.41, 5.74) is 0. The fourth-order valence-electron chi connectivity index (χ4n) is 1.73. The Morgan fingerprint density at radius 2 is 2.07 bits per heavy atom.